The molecule has 2 rings (SSSR count). The first-order valence-corrected chi connectivity index (χ1v) is 6.98. The highest BCUT2D eigenvalue weighted by molar-refractivity contribution is 6.36. The number of nitrogens with zero attached hydrogens (tertiary/aromatic N) is 1. The van der Waals surface area contributed by atoms with Gasteiger partial charge in [-0.1, -0.05) is 28.4 Å². The first-order valence-electron chi connectivity index (χ1n) is 6.23. The van der Waals surface area contributed by atoms with Gasteiger partial charge in [-0.3, -0.25) is 4.79 Å². The van der Waals surface area contributed by atoms with Crippen molar-refractivity contribution in [2.24, 2.45) is 0 Å². The molecule has 0 aliphatic heterocycles. The maximum absolute atomic E-state index is 12.0. The number of methoxy groups -OCH3 is 1. The maximum atomic E-state index is 12.0. The van der Waals surface area contributed by atoms with Gasteiger partial charge in [0, 0.05) is 29.8 Å². The van der Waals surface area contributed by atoms with Crippen LogP contribution in [0.25, 0.3) is 11.3 Å². The zero-order valence-electron chi connectivity index (χ0n) is 11.5. The highest BCUT2D eigenvalue weighted by atomic mass is 35.5. The topological polar surface area (TPSA) is 64.4 Å². The zero-order chi connectivity index (χ0) is 15.4. The Morgan fingerprint density at radius 1 is 1.43 bits per heavy atom. The predicted molar refractivity (Wildman–Crippen MR) is 80.8 cm³/mol. The second kappa shape index (κ2) is 6.93. The van der Waals surface area contributed by atoms with E-state index in [1.165, 1.54) is 6.07 Å². The summed E-state index contributed by atoms with van der Waals surface area (Å²) in [4.78, 5) is 12.0. The van der Waals surface area contributed by atoms with Gasteiger partial charge in [0.15, 0.2) is 11.5 Å². The Bertz CT molecular complexity index is 643. The predicted octanol–water partition coefficient (Wildman–Crippen LogP) is 3.41. The summed E-state index contributed by atoms with van der Waals surface area (Å²) in [6, 6.07) is 6.40. The van der Waals surface area contributed by atoms with E-state index in [1.54, 1.807) is 25.3 Å². The molecule has 0 unspecified atom stereocenters. The molecule has 1 N–H and O–H groups in total. The molecule has 0 spiro atoms. The summed E-state index contributed by atoms with van der Waals surface area (Å²) in [6.07, 6.45) is 0. The lowest BCUT2D eigenvalue weighted by Crippen LogP contribution is -2.35. The fourth-order valence-corrected chi connectivity index (χ4v) is 2.29. The highest BCUT2D eigenvalue weighted by Crippen LogP contribution is 2.30. The summed E-state index contributed by atoms with van der Waals surface area (Å²) in [5, 5.41) is 7.45. The minimum absolute atomic E-state index is 0.123. The van der Waals surface area contributed by atoms with Crippen LogP contribution >= 0.6 is 23.2 Å². The molecule has 1 aromatic heterocycles. The van der Waals surface area contributed by atoms with E-state index >= 15 is 0 Å². The number of carbonyl (C=O) groups excluding carboxylic acids is 1. The number of rotatable bonds is 5. The number of halogens is 2. The number of ether oxygens (including phenoxy) is 1. The van der Waals surface area contributed by atoms with Crippen LogP contribution in [0, 0.1) is 0 Å². The average molecular weight is 329 g/mol. The van der Waals surface area contributed by atoms with Gasteiger partial charge < -0.3 is 14.6 Å². The van der Waals surface area contributed by atoms with Crippen molar-refractivity contribution in [3.63, 3.8) is 0 Å². The average Bonchev–Trinajstić information content (AvgIpc) is 2.88. The molecule has 0 fully saturated rings. The summed E-state index contributed by atoms with van der Waals surface area (Å²) in [5.74, 6) is 0.0702. The van der Waals surface area contributed by atoms with E-state index in [0.29, 0.717) is 28.0 Å². The lowest BCUT2D eigenvalue weighted by atomic mass is 10.1. The third-order valence-electron chi connectivity index (χ3n) is 2.73. The quantitative estimate of drug-likeness (QED) is 0.913. The molecule has 2 aromatic rings. The number of benzene rings is 1. The molecule has 1 aromatic carbocycles. The van der Waals surface area contributed by atoms with Crippen molar-refractivity contribution in [3.8, 4) is 11.3 Å². The van der Waals surface area contributed by atoms with E-state index in [1.807, 2.05) is 6.92 Å². The molecule has 1 atom stereocenters. The summed E-state index contributed by atoms with van der Waals surface area (Å²) < 4.78 is 10.1. The largest absolute Gasteiger partial charge is 0.383 e. The SMILES string of the molecule is COC[C@H](C)NC(=O)c1cc(-c2ccc(Cl)cc2Cl)on1. The molecule has 112 valence electrons. The van der Waals surface area contributed by atoms with Crippen LogP contribution in [0.2, 0.25) is 10.0 Å². The number of amides is 1. The van der Waals surface area contributed by atoms with Crippen molar-refractivity contribution in [1.82, 2.24) is 10.5 Å². The summed E-state index contributed by atoms with van der Waals surface area (Å²) in [5.41, 5.74) is 0.802. The summed E-state index contributed by atoms with van der Waals surface area (Å²) in [7, 11) is 1.57. The van der Waals surface area contributed by atoms with Gasteiger partial charge in [-0.15, -0.1) is 0 Å². The van der Waals surface area contributed by atoms with Crippen LogP contribution in [0.4, 0.5) is 0 Å². The van der Waals surface area contributed by atoms with E-state index in [0.717, 1.165) is 0 Å². The van der Waals surface area contributed by atoms with Crippen LogP contribution in [0.15, 0.2) is 28.8 Å². The number of aromatic nitrogens is 1. The molecule has 0 bridgehead atoms. The van der Waals surface area contributed by atoms with E-state index in [4.69, 9.17) is 32.5 Å². The van der Waals surface area contributed by atoms with Crippen LogP contribution in [0.1, 0.15) is 17.4 Å². The van der Waals surface area contributed by atoms with Gasteiger partial charge in [0.2, 0.25) is 0 Å². The molecule has 1 heterocycles. The van der Waals surface area contributed by atoms with Gasteiger partial charge in [0.1, 0.15) is 0 Å². The number of nitrogens with one attached hydrogen (secondary N) is 1. The van der Waals surface area contributed by atoms with Gasteiger partial charge in [-0.25, -0.2) is 0 Å². The van der Waals surface area contributed by atoms with E-state index in [-0.39, 0.29) is 17.6 Å². The van der Waals surface area contributed by atoms with Crippen LogP contribution in [0.3, 0.4) is 0 Å². The molecule has 7 heteroatoms. The second-order valence-corrected chi connectivity index (χ2v) is 5.37. The fourth-order valence-electron chi connectivity index (χ4n) is 1.79. The molecular formula is C14H14Cl2N2O3. The van der Waals surface area contributed by atoms with Crippen molar-refractivity contribution < 1.29 is 14.1 Å². The monoisotopic (exact) mass is 328 g/mol. The molecule has 0 saturated heterocycles. The van der Waals surface area contributed by atoms with Crippen molar-refractivity contribution in [1.29, 1.82) is 0 Å². The molecular weight excluding hydrogens is 315 g/mol. The standard InChI is InChI=1S/C14H14Cl2N2O3/c1-8(7-20-2)17-14(19)12-6-13(21-18-12)10-4-3-9(15)5-11(10)16/h3-6,8H,7H2,1-2H3,(H,17,19)/t8-/m0/s1. The fraction of sp³-hybridized carbons (Fsp3) is 0.286. The Labute approximate surface area is 132 Å². The Morgan fingerprint density at radius 3 is 2.86 bits per heavy atom. The molecule has 0 saturated carbocycles. The maximum Gasteiger partial charge on any atom is 0.273 e. The van der Waals surface area contributed by atoms with Crippen LogP contribution < -0.4 is 5.32 Å². The van der Waals surface area contributed by atoms with Crippen molar-refractivity contribution >= 4 is 29.1 Å². The van der Waals surface area contributed by atoms with E-state index in [2.05, 4.69) is 10.5 Å². The van der Waals surface area contributed by atoms with Gasteiger partial charge in [0.05, 0.1) is 11.6 Å². The van der Waals surface area contributed by atoms with E-state index in [9.17, 15) is 4.79 Å². The van der Waals surface area contributed by atoms with Gasteiger partial charge in [-0.2, -0.15) is 0 Å². The first-order chi connectivity index (χ1) is 10.0. The van der Waals surface area contributed by atoms with Crippen molar-refractivity contribution in [2.45, 2.75) is 13.0 Å². The third kappa shape index (κ3) is 3.97. The zero-order valence-corrected chi connectivity index (χ0v) is 13.0. The Balaban J connectivity index is 2.16. The van der Waals surface area contributed by atoms with Crippen LogP contribution in [0.5, 0.6) is 0 Å². The molecule has 0 aliphatic rings. The second-order valence-electron chi connectivity index (χ2n) is 4.53. The van der Waals surface area contributed by atoms with Gasteiger partial charge >= 0.3 is 0 Å². The first kappa shape index (κ1) is 15.8. The lowest BCUT2D eigenvalue weighted by molar-refractivity contribution is 0.0896. The van der Waals surface area contributed by atoms with Crippen molar-refractivity contribution in [2.75, 3.05) is 13.7 Å². The Kier molecular flexibility index (Phi) is 5.22. The number of hydrogen-bond acceptors (Lipinski definition) is 4. The molecule has 0 aliphatic carbocycles. The molecule has 21 heavy (non-hydrogen) atoms. The number of carbonyl (C=O) groups is 1. The van der Waals surface area contributed by atoms with Crippen LogP contribution in [-0.4, -0.2) is 30.8 Å². The Morgan fingerprint density at radius 2 is 2.19 bits per heavy atom. The van der Waals surface area contributed by atoms with E-state index < -0.39 is 0 Å². The molecule has 1 amide bonds. The van der Waals surface area contributed by atoms with Crippen LogP contribution in [-0.2, 0) is 4.74 Å². The Hall–Kier alpha value is -1.56. The normalized spacial score (nSPS) is 12.2. The summed E-state index contributed by atoms with van der Waals surface area (Å²) >= 11 is 11.9. The molecule has 0 radical (unpaired) electrons. The van der Waals surface area contributed by atoms with Gasteiger partial charge in [0.25, 0.3) is 5.91 Å². The number of hydrogen-bond donors (Lipinski definition) is 1. The minimum atomic E-state index is -0.334. The highest BCUT2D eigenvalue weighted by Gasteiger charge is 2.17. The smallest absolute Gasteiger partial charge is 0.273 e. The third-order valence-corrected chi connectivity index (χ3v) is 3.28. The van der Waals surface area contributed by atoms with Gasteiger partial charge in [-0.05, 0) is 25.1 Å². The molecule has 5 nitrogen and oxygen atoms in total. The lowest BCUT2D eigenvalue weighted by Gasteiger charge is -2.10. The minimum Gasteiger partial charge on any atom is -0.383 e. The summed E-state index contributed by atoms with van der Waals surface area (Å²) in [6.45, 7) is 2.25. The van der Waals surface area contributed by atoms with Crippen molar-refractivity contribution in [3.05, 3.63) is 40.0 Å².